The molecule has 0 aromatic heterocycles. The molecular formula is C16H20F3NO4S. The summed E-state index contributed by atoms with van der Waals surface area (Å²) in [5, 5.41) is -2.72. The molecule has 0 spiro atoms. The van der Waals surface area contributed by atoms with Crippen molar-refractivity contribution in [2.75, 3.05) is 6.54 Å². The first-order valence-corrected chi connectivity index (χ1v) is 8.78. The van der Waals surface area contributed by atoms with Gasteiger partial charge >= 0.3 is 11.3 Å². The number of halogens is 3. The van der Waals surface area contributed by atoms with E-state index >= 15 is 0 Å². The Bertz CT molecular complexity index is 768. The average molecular weight is 379 g/mol. The van der Waals surface area contributed by atoms with E-state index in [0.717, 1.165) is 6.07 Å². The smallest absolute Gasteiger partial charge is 0.407 e. The normalized spacial score (nSPS) is 13.5. The number of alkyl carbamates (subject to hydrolysis) is 1. The zero-order valence-corrected chi connectivity index (χ0v) is 15.1. The molecule has 9 heteroatoms. The maximum atomic E-state index is 14.1. The zero-order chi connectivity index (χ0) is 19.5. The maximum Gasteiger partial charge on any atom is 0.407 e. The van der Waals surface area contributed by atoms with Crippen molar-refractivity contribution in [1.29, 1.82) is 0 Å². The lowest BCUT2D eigenvalue weighted by Crippen LogP contribution is -2.34. The largest absolute Gasteiger partial charge is 0.444 e. The van der Waals surface area contributed by atoms with E-state index in [0.29, 0.717) is 6.08 Å². The lowest BCUT2D eigenvalue weighted by Gasteiger charge is -2.19. The van der Waals surface area contributed by atoms with Crippen LogP contribution in [0, 0.1) is 6.92 Å². The monoisotopic (exact) mass is 379 g/mol. The number of hydrogen-bond acceptors (Lipinski definition) is 4. The Kier molecular flexibility index (Phi) is 6.28. The SMILES string of the molecule is Cc1ccccc1S(=O)(=O)C(F)(F)/C(F)=C/CNC(=O)OC(C)(C)C. The van der Waals surface area contributed by atoms with Crippen molar-refractivity contribution in [1.82, 2.24) is 5.32 Å². The minimum Gasteiger partial charge on any atom is -0.444 e. The van der Waals surface area contributed by atoms with Crippen molar-refractivity contribution in [3.8, 4) is 0 Å². The second-order valence-corrected chi connectivity index (χ2v) is 8.18. The number of aryl methyl sites for hydroxylation is 1. The van der Waals surface area contributed by atoms with Gasteiger partial charge in [0, 0.05) is 6.54 Å². The first kappa shape index (κ1) is 21.0. The Morgan fingerprint density at radius 3 is 2.32 bits per heavy atom. The van der Waals surface area contributed by atoms with Gasteiger partial charge in [0.15, 0.2) is 5.83 Å². The van der Waals surface area contributed by atoms with E-state index < -0.39 is 44.1 Å². The molecule has 5 nitrogen and oxygen atoms in total. The summed E-state index contributed by atoms with van der Waals surface area (Å²) in [5.41, 5.74) is -0.744. The third kappa shape index (κ3) is 5.22. The number of hydrogen-bond donors (Lipinski definition) is 1. The predicted molar refractivity (Wildman–Crippen MR) is 86.7 cm³/mol. The number of alkyl halides is 2. The summed E-state index contributed by atoms with van der Waals surface area (Å²) in [4.78, 5) is 10.7. The van der Waals surface area contributed by atoms with Gasteiger partial charge in [-0.3, -0.25) is 0 Å². The fourth-order valence-corrected chi connectivity index (χ4v) is 3.15. The molecule has 140 valence electrons. The number of benzene rings is 1. The molecule has 0 aliphatic heterocycles. The molecule has 1 aromatic rings. The van der Waals surface area contributed by atoms with Crippen LogP contribution in [0.25, 0.3) is 0 Å². The van der Waals surface area contributed by atoms with Crippen molar-refractivity contribution < 1.29 is 31.1 Å². The molecular weight excluding hydrogens is 359 g/mol. The average Bonchev–Trinajstić information content (AvgIpc) is 2.45. The van der Waals surface area contributed by atoms with Gasteiger partial charge in [0.25, 0.3) is 9.84 Å². The highest BCUT2D eigenvalue weighted by Crippen LogP contribution is 2.37. The van der Waals surface area contributed by atoms with E-state index in [1.54, 1.807) is 20.8 Å². The van der Waals surface area contributed by atoms with Crippen LogP contribution in [0.15, 0.2) is 41.1 Å². The van der Waals surface area contributed by atoms with Crippen molar-refractivity contribution in [2.45, 2.75) is 43.4 Å². The molecule has 25 heavy (non-hydrogen) atoms. The van der Waals surface area contributed by atoms with E-state index in [9.17, 15) is 26.4 Å². The molecule has 0 fully saturated rings. The molecule has 0 aliphatic carbocycles. The van der Waals surface area contributed by atoms with E-state index in [4.69, 9.17) is 4.74 Å². The lowest BCUT2D eigenvalue weighted by atomic mass is 10.2. The summed E-state index contributed by atoms with van der Waals surface area (Å²) in [7, 11) is -5.27. The fraction of sp³-hybridized carbons (Fsp3) is 0.438. The first-order valence-electron chi connectivity index (χ1n) is 7.30. The van der Waals surface area contributed by atoms with Crippen LogP contribution in [0.2, 0.25) is 0 Å². The Morgan fingerprint density at radius 1 is 1.24 bits per heavy atom. The quantitative estimate of drug-likeness (QED) is 0.846. The number of nitrogens with one attached hydrogen (secondary N) is 1. The number of ether oxygens (including phenoxy) is 1. The number of carbonyl (C=O) groups is 1. The minimum atomic E-state index is -5.27. The minimum absolute atomic E-state index is 0.0712. The second kappa shape index (κ2) is 7.47. The van der Waals surface area contributed by atoms with Gasteiger partial charge < -0.3 is 10.1 Å². The third-order valence-corrected chi connectivity index (χ3v) is 4.83. The van der Waals surface area contributed by atoms with Gasteiger partial charge in [-0.25, -0.2) is 17.6 Å². The first-order chi connectivity index (χ1) is 11.3. The van der Waals surface area contributed by atoms with Crippen molar-refractivity contribution in [3.05, 3.63) is 41.7 Å². The summed E-state index contributed by atoms with van der Waals surface area (Å²) < 4.78 is 71.0. The Balaban J connectivity index is 2.94. The van der Waals surface area contributed by atoms with Crippen LogP contribution < -0.4 is 5.32 Å². The van der Waals surface area contributed by atoms with Crippen LogP contribution in [0.4, 0.5) is 18.0 Å². The van der Waals surface area contributed by atoms with Gasteiger partial charge in [0.2, 0.25) is 0 Å². The molecule has 0 heterocycles. The molecule has 0 saturated carbocycles. The Morgan fingerprint density at radius 2 is 1.80 bits per heavy atom. The highest BCUT2D eigenvalue weighted by atomic mass is 32.2. The van der Waals surface area contributed by atoms with Crippen LogP contribution in [0.3, 0.4) is 0 Å². The second-order valence-electron chi connectivity index (χ2n) is 6.22. The molecule has 0 bridgehead atoms. The van der Waals surface area contributed by atoms with Crippen LogP contribution in [0.5, 0.6) is 0 Å². The fourth-order valence-electron chi connectivity index (χ4n) is 1.78. The number of rotatable bonds is 5. The lowest BCUT2D eigenvalue weighted by molar-refractivity contribution is 0.0532. The van der Waals surface area contributed by atoms with E-state index in [2.05, 4.69) is 0 Å². The number of carbonyl (C=O) groups excluding carboxylic acids is 1. The summed E-state index contributed by atoms with van der Waals surface area (Å²) in [6.45, 7) is 5.44. The van der Waals surface area contributed by atoms with Crippen molar-refractivity contribution >= 4 is 15.9 Å². The molecule has 0 aliphatic rings. The molecule has 0 radical (unpaired) electrons. The summed E-state index contributed by atoms with van der Waals surface area (Å²) in [5.74, 6) is -2.17. The molecule has 1 N–H and O–H groups in total. The van der Waals surface area contributed by atoms with Gasteiger partial charge in [-0.15, -0.1) is 0 Å². The molecule has 1 amide bonds. The molecule has 1 rings (SSSR count). The summed E-state index contributed by atoms with van der Waals surface area (Å²) in [6, 6.07) is 5.05. The Labute approximate surface area is 144 Å². The summed E-state index contributed by atoms with van der Waals surface area (Å²) >= 11 is 0. The topological polar surface area (TPSA) is 72.5 Å². The summed E-state index contributed by atoms with van der Waals surface area (Å²) in [6.07, 6.45) is -0.652. The highest BCUT2D eigenvalue weighted by molar-refractivity contribution is 7.92. The van der Waals surface area contributed by atoms with Gasteiger partial charge in [-0.2, -0.15) is 8.78 Å². The molecule has 1 aromatic carbocycles. The molecule has 0 saturated heterocycles. The van der Waals surface area contributed by atoms with Gasteiger partial charge in [0.1, 0.15) is 5.60 Å². The Hall–Kier alpha value is -2.03. The van der Waals surface area contributed by atoms with Gasteiger partial charge in [-0.05, 0) is 45.4 Å². The van der Waals surface area contributed by atoms with E-state index in [-0.39, 0.29) is 5.56 Å². The maximum absolute atomic E-state index is 14.1. The van der Waals surface area contributed by atoms with Crippen molar-refractivity contribution in [2.24, 2.45) is 0 Å². The zero-order valence-electron chi connectivity index (χ0n) is 14.3. The highest BCUT2D eigenvalue weighted by Gasteiger charge is 2.51. The number of sulfone groups is 1. The van der Waals surface area contributed by atoms with E-state index in [1.807, 2.05) is 5.32 Å². The molecule has 0 unspecified atom stereocenters. The number of amides is 1. The van der Waals surface area contributed by atoms with Crippen LogP contribution in [0.1, 0.15) is 26.3 Å². The van der Waals surface area contributed by atoms with E-state index in [1.165, 1.54) is 25.1 Å². The molecule has 0 atom stereocenters. The van der Waals surface area contributed by atoms with Crippen LogP contribution in [-0.4, -0.2) is 31.9 Å². The predicted octanol–water partition coefficient (Wildman–Crippen LogP) is 3.74. The van der Waals surface area contributed by atoms with Crippen LogP contribution >= 0.6 is 0 Å². The van der Waals surface area contributed by atoms with Gasteiger partial charge in [-0.1, -0.05) is 18.2 Å². The third-order valence-electron chi connectivity index (χ3n) is 2.93. The van der Waals surface area contributed by atoms with Crippen LogP contribution in [-0.2, 0) is 14.6 Å². The van der Waals surface area contributed by atoms with Crippen molar-refractivity contribution in [3.63, 3.8) is 0 Å². The standard InChI is InChI=1S/C16H20F3NO4S/c1-11-7-5-6-8-12(11)25(22,23)16(18,19)13(17)9-10-20-14(21)24-15(2,3)4/h5-9H,10H2,1-4H3,(H,20,21)/b13-9-. The van der Waals surface area contributed by atoms with Gasteiger partial charge in [0.05, 0.1) is 4.90 Å².